The van der Waals surface area contributed by atoms with E-state index in [1.165, 1.54) is 12.8 Å². The smallest absolute Gasteiger partial charge is 0.181 e. The van der Waals surface area contributed by atoms with Gasteiger partial charge in [0.25, 0.3) is 0 Å². The van der Waals surface area contributed by atoms with Crippen molar-refractivity contribution in [3.05, 3.63) is 35.8 Å². The average Bonchev–Trinajstić information content (AvgIpc) is 3.18. The van der Waals surface area contributed by atoms with Crippen LogP contribution in [0.1, 0.15) is 55.8 Å². The fourth-order valence-electron chi connectivity index (χ4n) is 3.71. The highest BCUT2D eigenvalue weighted by Crippen LogP contribution is 2.38. The van der Waals surface area contributed by atoms with E-state index in [1.54, 1.807) is 6.39 Å². The summed E-state index contributed by atoms with van der Waals surface area (Å²) in [4.78, 5) is 9.07. The van der Waals surface area contributed by atoms with Gasteiger partial charge in [0, 0.05) is 37.5 Å². The predicted molar refractivity (Wildman–Crippen MR) is 101 cm³/mol. The van der Waals surface area contributed by atoms with Gasteiger partial charge in [-0.05, 0) is 32.0 Å². The van der Waals surface area contributed by atoms with E-state index in [2.05, 4.69) is 45.9 Å². The van der Waals surface area contributed by atoms with Gasteiger partial charge in [-0.1, -0.05) is 13.8 Å². The van der Waals surface area contributed by atoms with Crippen LogP contribution in [0.5, 0.6) is 0 Å². The topological polar surface area (TPSA) is 75.6 Å². The van der Waals surface area contributed by atoms with E-state index < -0.39 is 0 Å². The van der Waals surface area contributed by atoms with Crippen LogP contribution in [0.2, 0.25) is 0 Å². The zero-order valence-electron chi connectivity index (χ0n) is 16.0. The van der Waals surface area contributed by atoms with Crippen molar-refractivity contribution in [1.29, 1.82) is 0 Å². The summed E-state index contributed by atoms with van der Waals surface area (Å²) in [6.45, 7) is 7.01. The zero-order chi connectivity index (χ0) is 18.5. The first-order valence-corrected chi connectivity index (χ1v) is 9.70. The summed E-state index contributed by atoms with van der Waals surface area (Å²) < 4.78 is 7.47. The Kier molecular flexibility index (Phi) is 3.89. The molecular weight excluding hydrogens is 342 g/mol. The monoisotopic (exact) mass is 367 g/mol. The van der Waals surface area contributed by atoms with Gasteiger partial charge in [0.15, 0.2) is 17.9 Å². The van der Waals surface area contributed by atoms with Gasteiger partial charge in [0.1, 0.15) is 11.6 Å². The number of rotatable bonds is 6. The Balaban J connectivity index is 1.25. The molecule has 0 radical (unpaired) electrons. The summed E-state index contributed by atoms with van der Waals surface area (Å²) in [5.74, 6) is 3.89. The molecule has 4 heterocycles. The summed E-state index contributed by atoms with van der Waals surface area (Å²) >= 11 is 0. The molecule has 142 valence electrons. The molecule has 2 fully saturated rings. The lowest BCUT2D eigenvalue weighted by molar-refractivity contribution is 0.193. The van der Waals surface area contributed by atoms with Crippen molar-refractivity contribution in [2.45, 2.75) is 51.1 Å². The van der Waals surface area contributed by atoms with Crippen molar-refractivity contribution in [2.24, 2.45) is 0 Å². The van der Waals surface area contributed by atoms with Crippen LogP contribution >= 0.6 is 0 Å². The largest absolute Gasteiger partial charge is 0.448 e. The van der Waals surface area contributed by atoms with Crippen LogP contribution in [-0.4, -0.2) is 55.9 Å². The van der Waals surface area contributed by atoms with Crippen LogP contribution < -0.4 is 4.90 Å². The molecule has 3 aromatic rings. The molecule has 0 N–H and O–H groups in total. The van der Waals surface area contributed by atoms with Gasteiger partial charge in [-0.3, -0.25) is 4.90 Å². The van der Waals surface area contributed by atoms with E-state index in [0.717, 1.165) is 48.4 Å². The maximum atomic E-state index is 5.54. The summed E-state index contributed by atoms with van der Waals surface area (Å²) in [5, 5.41) is 13.4. The molecule has 27 heavy (non-hydrogen) atoms. The third-order valence-electron chi connectivity index (χ3n) is 5.62. The minimum Gasteiger partial charge on any atom is -0.448 e. The molecule has 0 aromatic carbocycles. The van der Waals surface area contributed by atoms with Crippen LogP contribution in [0.4, 0.5) is 5.82 Å². The maximum absolute atomic E-state index is 5.54. The molecule has 1 aliphatic heterocycles. The van der Waals surface area contributed by atoms with E-state index in [4.69, 9.17) is 9.52 Å². The van der Waals surface area contributed by atoms with Crippen LogP contribution in [0.3, 0.4) is 0 Å². The number of oxazole rings is 1. The molecule has 3 aromatic heterocycles. The first-order chi connectivity index (χ1) is 13.1. The molecule has 2 aliphatic rings. The predicted octanol–water partition coefficient (Wildman–Crippen LogP) is 2.43. The molecule has 8 heteroatoms. The van der Waals surface area contributed by atoms with Gasteiger partial charge < -0.3 is 9.32 Å². The van der Waals surface area contributed by atoms with Gasteiger partial charge in [-0.15, -0.1) is 15.3 Å². The van der Waals surface area contributed by atoms with Crippen LogP contribution in [0, 0.1) is 0 Å². The summed E-state index contributed by atoms with van der Waals surface area (Å²) in [7, 11) is 2.16. The Morgan fingerprint density at radius 3 is 2.78 bits per heavy atom. The Labute approximate surface area is 158 Å². The normalized spacial score (nSPS) is 18.0. The van der Waals surface area contributed by atoms with Gasteiger partial charge in [-0.25, -0.2) is 4.98 Å². The second-order valence-corrected chi connectivity index (χ2v) is 8.09. The number of hydrogen-bond acceptors (Lipinski definition) is 7. The van der Waals surface area contributed by atoms with Crippen molar-refractivity contribution < 1.29 is 4.42 Å². The number of anilines is 1. The van der Waals surface area contributed by atoms with Crippen molar-refractivity contribution in [2.75, 3.05) is 25.0 Å². The Hall–Kier alpha value is -2.48. The summed E-state index contributed by atoms with van der Waals surface area (Å²) in [6, 6.07) is 4.55. The third kappa shape index (κ3) is 2.97. The van der Waals surface area contributed by atoms with Crippen LogP contribution in [0.15, 0.2) is 22.9 Å². The van der Waals surface area contributed by atoms with Crippen LogP contribution in [-0.2, 0) is 6.54 Å². The number of aromatic nitrogens is 5. The van der Waals surface area contributed by atoms with E-state index >= 15 is 0 Å². The minimum atomic E-state index is 0.356. The van der Waals surface area contributed by atoms with Crippen molar-refractivity contribution in [3.63, 3.8) is 0 Å². The lowest BCUT2D eigenvalue weighted by Gasteiger charge is -2.44. The zero-order valence-corrected chi connectivity index (χ0v) is 16.0. The first kappa shape index (κ1) is 16.7. The lowest BCUT2D eigenvalue weighted by Crippen LogP contribution is -2.58. The molecule has 5 rings (SSSR count). The second-order valence-electron chi connectivity index (χ2n) is 8.09. The van der Waals surface area contributed by atoms with E-state index in [-0.39, 0.29) is 0 Å². The molecule has 1 saturated carbocycles. The Bertz CT molecular complexity index is 952. The molecule has 0 bridgehead atoms. The second kappa shape index (κ2) is 6.30. The highest BCUT2D eigenvalue weighted by molar-refractivity contribution is 5.48. The quantitative estimate of drug-likeness (QED) is 0.662. The van der Waals surface area contributed by atoms with Crippen molar-refractivity contribution in [3.8, 4) is 0 Å². The standard InChI is InChI=1S/C19H25N7O/c1-12(2)18-15(20-11-27-18)10-24(3)14-8-25(9-14)17-7-6-16-21-22-19(13-4-5-13)26(16)23-17/h6-7,11-14H,4-5,8-10H2,1-3H3. The highest BCUT2D eigenvalue weighted by atomic mass is 16.3. The van der Waals surface area contributed by atoms with Gasteiger partial charge in [-0.2, -0.15) is 4.52 Å². The van der Waals surface area contributed by atoms with Gasteiger partial charge in [0.2, 0.25) is 0 Å². The summed E-state index contributed by atoms with van der Waals surface area (Å²) in [5.41, 5.74) is 1.88. The van der Waals surface area contributed by atoms with Gasteiger partial charge >= 0.3 is 0 Å². The maximum Gasteiger partial charge on any atom is 0.181 e. The third-order valence-corrected chi connectivity index (χ3v) is 5.62. The van der Waals surface area contributed by atoms with Crippen molar-refractivity contribution >= 4 is 11.5 Å². The van der Waals surface area contributed by atoms with Gasteiger partial charge in [0.05, 0.1) is 5.69 Å². The lowest BCUT2D eigenvalue weighted by atomic mass is 10.1. The molecule has 1 aliphatic carbocycles. The number of nitrogens with zero attached hydrogens (tertiary/aromatic N) is 7. The summed E-state index contributed by atoms with van der Waals surface area (Å²) in [6.07, 6.45) is 3.95. The van der Waals surface area contributed by atoms with Crippen LogP contribution in [0.25, 0.3) is 5.65 Å². The Morgan fingerprint density at radius 2 is 2.04 bits per heavy atom. The Morgan fingerprint density at radius 1 is 1.22 bits per heavy atom. The molecule has 1 saturated heterocycles. The molecule has 0 unspecified atom stereocenters. The minimum absolute atomic E-state index is 0.356. The van der Waals surface area contributed by atoms with E-state index in [0.29, 0.717) is 17.9 Å². The first-order valence-electron chi connectivity index (χ1n) is 9.70. The molecule has 0 atom stereocenters. The highest BCUT2D eigenvalue weighted by Gasteiger charge is 2.33. The average molecular weight is 367 g/mol. The number of fused-ring (bicyclic) bond motifs is 1. The number of hydrogen-bond donors (Lipinski definition) is 0. The SMILES string of the molecule is CC(C)c1ocnc1CN(C)C1CN(c2ccc3nnc(C4CC4)n3n2)C1. The molecular formula is C19H25N7O. The fraction of sp³-hybridized carbons (Fsp3) is 0.579. The molecule has 0 amide bonds. The van der Waals surface area contributed by atoms with E-state index in [9.17, 15) is 0 Å². The molecule has 0 spiro atoms. The number of likely N-dealkylation sites (N-methyl/N-ethyl adjacent to an activating group) is 1. The fourth-order valence-corrected chi connectivity index (χ4v) is 3.71. The van der Waals surface area contributed by atoms with E-state index in [1.807, 2.05) is 16.6 Å². The van der Waals surface area contributed by atoms with Crippen molar-refractivity contribution in [1.82, 2.24) is 29.7 Å². The molecule has 8 nitrogen and oxygen atoms in total.